The molecule has 12 heteroatoms. The van der Waals surface area contributed by atoms with Crippen molar-refractivity contribution >= 4 is 46.6 Å². The van der Waals surface area contributed by atoms with Gasteiger partial charge >= 0.3 is 23.6 Å². The molecule has 1 aliphatic rings. The van der Waals surface area contributed by atoms with Gasteiger partial charge in [0.2, 0.25) is 0 Å². The van der Waals surface area contributed by atoms with Gasteiger partial charge in [-0.1, -0.05) is 22.6 Å². The molecule has 29 heavy (non-hydrogen) atoms. The van der Waals surface area contributed by atoms with E-state index in [1.165, 1.54) is 19.2 Å². The largest absolute Gasteiger partial charge is 0.463 e. The van der Waals surface area contributed by atoms with Crippen LogP contribution in [0.3, 0.4) is 0 Å². The maximum absolute atomic E-state index is 12.4. The molecule has 0 saturated carbocycles. The number of rotatable bonds is 6. The number of hydrogen-bond donors (Lipinski definition) is 1. The highest BCUT2D eigenvalue weighted by atomic mass is 127. The Morgan fingerprint density at radius 1 is 1.14 bits per heavy atom. The number of nitrogens with one attached hydrogen (secondary N) is 1. The van der Waals surface area contributed by atoms with Gasteiger partial charge in [0.05, 0.1) is 5.56 Å². The maximum Gasteiger partial charge on any atom is 0.330 e. The molecule has 1 aromatic rings. The Morgan fingerprint density at radius 3 is 2.31 bits per heavy atom. The molecule has 1 saturated heterocycles. The lowest BCUT2D eigenvalue weighted by molar-refractivity contribution is -0.166. The minimum absolute atomic E-state index is 0.150. The van der Waals surface area contributed by atoms with E-state index in [1.807, 2.05) is 22.6 Å². The first-order valence-corrected chi connectivity index (χ1v) is 9.64. The Morgan fingerprint density at radius 2 is 1.76 bits per heavy atom. The molecule has 0 radical (unpaired) electrons. The second-order valence-electron chi connectivity index (χ2n) is 6.06. The predicted molar refractivity (Wildman–Crippen MR) is 106 cm³/mol. The van der Waals surface area contributed by atoms with E-state index in [0.717, 1.165) is 18.4 Å². The monoisotopic (exact) mass is 522 g/mol. The van der Waals surface area contributed by atoms with Gasteiger partial charge in [-0.3, -0.25) is 28.7 Å². The molecule has 0 aromatic carbocycles. The lowest BCUT2D eigenvalue weighted by atomic mass is 10.1. The van der Waals surface area contributed by atoms with E-state index < -0.39 is 53.7 Å². The van der Waals surface area contributed by atoms with Crippen LogP contribution in [0.15, 0.2) is 19.9 Å². The Balaban J connectivity index is 2.52. The zero-order valence-corrected chi connectivity index (χ0v) is 17.9. The Hall–Kier alpha value is -2.48. The van der Waals surface area contributed by atoms with Crippen LogP contribution in [0.4, 0.5) is 0 Å². The van der Waals surface area contributed by atoms with Crippen molar-refractivity contribution in [2.24, 2.45) is 0 Å². The third kappa shape index (κ3) is 5.76. The highest BCUT2D eigenvalue weighted by molar-refractivity contribution is 14.1. The van der Waals surface area contributed by atoms with E-state index in [-0.39, 0.29) is 12.2 Å². The molecule has 11 nitrogen and oxygen atoms in total. The molecule has 0 bridgehead atoms. The Kier molecular flexibility index (Phi) is 7.73. The van der Waals surface area contributed by atoms with E-state index >= 15 is 0 Å². The Bertz CT molecular complexity index is 936. The molecule has 1 aromatic heterocycles. The van der Waals surface area contributed by atoms with Crippen LogP contribution < -0.4 is 11.2 Å². The van der Waals surface area contributed by atoms with Gasteiger partial charge in [-0.15, -0.1) is 0 Å². The van der Waals surface area contributed by atoms with Crippen molar-refractivity contribution in [1.82, 2.24) is 9.55 Å². The van der Waals surface area contributed by atoms with Crippen LogP contribution in [0.5, 0.6) is 0 Å². The van der Waals surface area contributed by atoms with Gasteiger partial charge in [0, 0.05) is 27.0 Å². The third-order valence-electron chi connectivity index (χ3n) is 3.85. The number of hydrogen-bond acceptors (Lipinski definition) is 9. The standard InChI is InChI=1S/C17H19IN2O9/c1-8(21)26-7-12-13(27-9(2)22)14(28-10(3)23)16(29-12)20-6-11(4-5-18)15(24)19-17(20)25/h4-6,12-14,16H,7H2,1-3H3,(H,19,24,25)/b5-4+/t12-,13-,14+,16-/m1/s1. The normalized spacial score (nSPS) is 23.7. The van der Waals surface area contributed by atoms with Gasteiger partial charge < -0.3 is 18.9 Å². The lowest BCUT2D eigenvalue weighted by Crippen LogP contribution is -2.42. The molecule has 0 aliphatic carbocycles. The summed E-state index contributed by atoms with van der Waals surface area (Å²) in [6, 6.07) is 0. The van der Waals surface area contributed by atoms with Gasteiger partial charge in [-0.05, 0) is 10.2 Å². The first-order valence-electron chi connectivity index (χ1n) is 8.39. The maximum atomic E-state index is 12.4. The molecule has 0 amide bonds. The Labute approximate surface area is 178 Å². The zero-order chi connectivity index (χ0) is 21.7. The molecule has 1 aliphatic heterocycles. The third-order valence-corrected chi connectivity index (χ3v) is 4.21. The first-order chi connectivity index (χ1) is 13.6. The van der Waals surface area contributed by atoms with Crippen molar-refractivity contribution in [2.45, 2.75) is 45.3 Å². The fourth-order valence-electron chi connectivity index (χ4n) is 2.79. The summed E-state index contributed by atoms with van der Waals surface area (Å²) in [5.74, 6) is -2.00. The molecular formula is C17H19IN2O9. The fourth-order valence-corrected chi connectivity index (χ4v) is 3.18. The topological polar surface area (TPSA) is 143 Å². The minimum Gasteiger partial charge on any atom is -0.463 e. The van der Waals surface area contributed by atoms with Crippen molar-refractivity contribution in [3.05, 3.63) is 36.7 Å². The number of carbonyl (C=O) groups is 3. The van der Waals surface area contributed by atoms with E-state index in [2.05, 4.69) is 4.98 Å². The number of nitrogens with zero attached hydrogens (tertiary/aromatic N) is 1. The zero-order valence-electron chi connectivity index (χ0n) is 15.7. The minimum atomic E-state index is -1.24. The van der Waals surface area contributed by atoms with Gasteiger partial charge in [-0.25, -0.2) is 4.79 Å². The molecule has 1 N–H and O–H groups in total. The van der Waals surface area contributed by atoms with E-state index in [0.29, 0.717) is 0 Å². The number of carbonyl (C=O) groups excluding carboxylic acids is 3. The highest BCUT2D eigenvalue weighted by Crippen LogP contribution is 2.33. The second-order valence-corrected chi connectivity index (χ2v) is 6.78. The van der Waals surface area contributed by atoms with Crippen LogP contribution in [-0.2, 0) is 33.3 Å². The SMILES string of the molecule is CC(=O)OC[C@H]1O[C@@H](n2cc(/C=C/I)c(=O)[nH]c2=O)[C@@H](OC(C)=O)[C@@H]1OC(C)=O. The summed E-state index contributed by atoms with van der Waals surface area (Å²) in [5, 5.41) is 0. The van der Waals surface area contributed by atoms with Gasteiger partial charge in [-0.2, -0.15) is 0 Å². The molecule has 2 heterocycles. The van der Waals surface area contributed by atoms with Crippen molar-refractivity contribution in [3.8, 4) is 0 Å². The van der Waals surface area contributed by atoms with E-state index in [1.54, 1.807) is 4.08 Å². The van der Waals surface area contributed by atoms with Crippen LogP contribution in [0.2, 0.25) is 0 Å². The molecule has 158 valence electrons. The van der Waals surface area contributed by atoms with Crippen LogP contribution in [0.25, 0.3) is 6.08 Å². The average molecular weight is 522 g/mol. The van der Waals surface area contributed by atoms with Crippen molar-refractivity contribution in [1.29, 1.82) is 0 Å². The van der Waals surface area contributed by atoms with Crippen LogP contribution in [-0.4, -0.2) is 52.4 Å². The summed E-state index contributed by atoms with van der Waals surface area (Å²) in [6.45, 7) is 3.17. The second kappa shape index (κ2) is 9.82. The van der Waals surface area contributed by atoms with Gasteiger partial charge in [0.1, 0.15) is 12.7 Å². The summed E-state index contributed by atoms with van der Waals surface area (Å²) in [7, 11) is 0. The molecule has 2 rings (SSSR count). The summed E-state index contributed by atoms with van der Waals surface area (Å²) in [5.41, 5.74) is -1.29. The van der Waals surface area contributed by atoms with Crippen molar-refractivity contribution in [2.75, 3.05) is 6.61 Å². The highest BCUT2D eigenvalue weighted by Gasteiger charge is 2.51. The number of esters is 3. The summed E-state index contributed by atoms with van der Waals surface area (Å²) >= 11 is 1.91. The molecule has 4 atom stereocenters. The van der Waals surface area contributed by atoms with Crippen molar-refractivity contribution in [3.63, 3.8) is 0 Å². The summed E-state index contributed by atoms with van der Waals surface area (Å²) < 4.78 is 23.8. The summed E-state index contributed by atoms with van der Waals surface area (Å²) in [6.07, 6.45) is -1.93. The summed E-state index contributed by atoms with van der Waals surface area (Å²) in [4.78, 5) is 60.8. The van der Waals surface area contributed by atoms with Crippen LogP contribution in [0, 0.1) is 0 Å². The van der Waals surface area contributed by atoms with Crippen molar-refractivity contribution < 1.29 is 33.3 Å². The first kappa shape index (κ1) is 22.8. The molecule has 0 spiro atoms. The number of H-pyrrole nitrogens is 1. The van der Waals surface area contributed by atoms with Crippen LogP contribution >= 0.6 is 22.6 Å². The average Bonchev–Trinajstić information content (AvgIpc) is 2.92. The number of ether oxygens (including phenoxy) is 4. The molecule has 0 unspecified atom stereocenters. The van der Waals surface area contributed by atoms with Gasteiger partial charge in [0.15, 0.2) is 18.4 Å². The quantitative estimate of drug-likeness (QED) is 0.316. The van der Waals surface area contributed by atoms with E-state index in [4.69, 9.17) is 18.9 Å². The smallest absolute Gasteiger partial charge is 0.330 e. The van der Waals surface area contributed by atoms with Crippen LogP contribution in [0.1, 0.15) is 32.6 Å². The van der Waals surface area contributed by atoms with E-state index in [9.17, 15) is 24.0 Å². The molecule has 1 fully saturated rings. The number of halogens is 1. The lowest BCUT2D eigenvalue weighted by Gasteiger charge is -2.24. The fraction of sp³-hybridized carbons (Fsp3) is 0.471. The molecular weight excluding hydrogens is 503 g/mol. The van der Waals surface area contributed by atoms with Gasteiger partial charge in [0.25, 0.3) is 5.56 Å². The number of aromatic nitrogens is 2. The number of aromatic amines is 1. The predicted octanol–water partition coefficient (Wildman–Crippen LogP) is 0.266.